The van der Waals surface area contributed by atoms with Crippen molar-refractivity contribution in [1.29, 1.82) is 0 Å². The van der Waals surface area contributed by atoms with Gasteiger partial charge in [-0.05, 0) is 51.4 Å². The molecule has 80 valence electrons. The summed E-state index contributed by atoms with van der Waals surface area (Å²) in [7, 11) is 0. The maximum Gasteiger partial charge on any atom is 0.0632 e. The van der Waals surface area contributed by atoms with Gasteiger partial charge >= 0.3 is 0 Å². The molecule has 2 aliphatic rings. The zero-order chi connectivity index (χ0) is 10.3. The molecule has 14 heavy (non-hydrogen) atoms. The smallest absolute Gasteiger partial charge is 0.0632 e. The third-order valence-electron chi connectivity index (χ3n) is 3.93. The van der Waals surface area contributed by atoms with Crippen molar-refractivity contribution in [1.82, 2.24) is 0 Å². The molecule has 2 rings (SSSR count). The predicted molar refractivity (Wildman–Crippen MR) is 59.2 cm³/mol. The van der Waals surface area contributed by atoms with Crippen LogP contribution in [0.15, 0.2) is 11.6 Å². The average molecular weight is 194 g/mol. The summed E-state index contributed by atoms with van der Waals surface area (Å²) in [5, 5.41) is 0. The quantitative estimate of drug-likeness (QED) is 0.537. The van der Waals surface area contributed by atoms with Gasteiger partial charge in [-0.2, -0.15) is 0 Å². The molecular weight excluding hydrogens is 172 g/mol. The van der Waals surface area contributed by atoms with Crippen LogP contribution in [0.4, 0.5) is 0 Å². The average Bonchev–Trinajstić information content (AvgIpc) is 2.07. The van der Waals surface area contributed by atoms with Gasteiger partial charge in [-0.1, -0.05) is 18.6 Å². The lowest BCUT2D eigenvalue weighted by Gasteiger charge is -2.43. The van der Waals surface area contributed by atoms with Gasteiger partial charge in [-0.25, -0.2) is 0 Å². The van der Waals surface area contributed by atoms with Crippen LogP contribution in [-0.4, -0.2) is 12.2 Å². The van der Waals surface area contributed by atoms with Gasteiger partial charge < -0.3 is 4.74 Å². The van der Waals surface area contributed by atoms with Crippen LogP contribution in [0.2, 0.25) is 0 Å². The first-order valence-electron chi connectivity index (χ1n) is 5.80. The standard InChI is InChI=1S/C13H22O/c1-9-5-11-7-13(3,4)14-8-12(11)6-10(9)2/h5,10-12H,6-8H2,1-4H3/t10-,11-,12+/m0/s1. The summed E-state index contributed by atoms with van der Waals surface area (Å²) in [6, 6.07) is 0. The normalized spacial score (nSPS) is 41.4. The molecule has 0 saturated carbocycles. The van der Waals surface area contributed by atoms with Crippen LogP contribution in [0.3, 0.4) is 0 Å². The predicted octanol–water partition coefficient (Wildman–Crippen LogP) is 3.40. The van der Waals surface area contributed by atoms with E-state index in [1.54, 1.807) is 5.57 Å². The summed E-state index contributed by atoms with van der Waals surface area (Å²) in [6.07, 6.45) is 5.02. The largest absolute Gasteiger partial charge is 0.375 e. The molecule has 0 N–H and O–H groups in total. The molecule has 0 aromatic rings. The van der Waals surface area contributed by atoms with E-state index in [1.165, 1.54) is 12.8 Å². The Morgan fingerprint density at radius 2 is 2.14 bits per heavy atom. The molecule has 1 heteroatoms. The summed E-state index contributed by atoms with van der Waals surface area (Å²) in [5.74, 6) is 2.32. The fraction of sp³-hybridized carbons (Fsp3) is 0.846. The summed E-state index contributed by atoms with van der Waals surface area (Å²) in [6.45, 7) is 10.0. The van der Waals surface area contributed by atoms with Crippen LogP contribution in [0.25, 0.3) is 0 Å². The van der Waals surface area contributed by atoms with Crippen LogP contribution in [0.1, 0.15) is 40.5 Å². The summed E-state index contributed by atoms with van der Waals surface area (Å²) >= 11 is 0. The van der Waals surface area contributed by atoms with Gasteiger partial charge in [0.1, 0.15) is 0 Å². The lowest BCUT2D eigenvalue weighted by atomic mass is 9.71. The molecule has 1 aliphatic carbocycles. The molecule has 1 heterocycles. The van der Waals surface area contributed by atoms with Gasteiger partial charge in [0.15, 0.2) is 0 Å². The summed E-state index contributed by atoms with van der Waals surface area (Å²) < 4.78 is 5.89. The Morgan fingerprint density at radius 3 is 2.86 bits per heavy atom. The molecule has 0 amide bonds. The Hall–Kier alpha value is -0.300. The number of fused-ring (bicyclic) bond motifs is 1. The number of rotatable bonds is 0. The van der Waals surface area contributed by atoms with E-state index >= 15 is 0 Å². The van der Waals surface area contributed by atoms with Gasteiger partial charge in [0.25, 0.3) is 0 Å². The third kappa shape index (κ3) is 1.88. The van der Waals surface area contributed by atoms with Crippen LogP contribution < -0.4 is 0 Å². The molecule has 3 atom stereocenters. The molecular formula is C13H22O. The van der Waals surface area contributed by atoms with Crippen LogP contribution in [0, 0.1) is 17.8 Å². The van der Waals surface area contributed by atoms with E-state index in [1.807, 2.05) is 0 Å². The Labute approximate surface area is 87.5 Å². The maximum absolute atomic E-state index is 5.89. The van der Waals surface area contributed by atoms with Crippen molar-refractivity contribution in [3.63, 3.8) is 0 Å². The van der Waals surface area contributed by atoms with Crippen molar-refractivity contribution >= 4 is 0 Å². The molecule has 1 aliphatic heterocycles. The Bertz CT molecular complexity index is 252. The molecule has 1 fully saturated rings. The second-order valence-corrected chi connectivity index (χ2v) is 5.75. The monoisotopic (exact) mass is 194 g/mol. The van der Waals surface area contributed by atoms with Crippen molar-refractivity contribution in [3.8, 4) is 0 Å². The molecule has 0 spiro atoms. The van der Waals surface area contributed by atoms with E-state index in [9.17, 15) is 0 Å². The second kappa shape index (κ2) is 3.37. The summed E-state index contributed by atoms with van der Waals surface area (Å²) in [5.41, 5.74) is 1.68. The van der Waals surface area contributed by atoms with Gasteiger partial charge in [0, 0.05) is 0 Å². The zero-order valence-corrected chi connectivity index (χ0v) is 9.84. The molecule has 0 aromatic carbocycles. The van der Waals surface area contributed by atoms with Gasteiger partial charge in [-0.15, -0.1) is 0 Å². The lowest BCUT2D eigenvalue weighted by molar-refractivity contribution is -0.0987. The van der Waals surface area contributed by atoms with E-state index in [4.69, 9.17) is 4.74 Å². The third-order valence-corrected chi connectivity index (χ3v) is 3.93. The molecule has 1 nitrogen and oxygen atoms in total. The number of hydrogen-bond acceptors (Lipinski definition) is 1. The van der Waals surface area contributed by atoms with Crippen LogP contribution >= 0.6 is 0 Å². The second-order valence-electron chi connectivity index (χ2n) is 5.75. The minimum Gasteiger partial charge on any atom is -0.375 e. The highest BCUT2D eigenvalue weighted by Gasteiger charge is 2.37. The molecule has 0 radical (unpaired) electrons. The maximum atomic E-state index is 5.89. The van der Waals surface area contributed by atoms with E-state index in [-0.39, 0.29) is 5.60 Å². The SMILES string of the molecule is CC1=C[C@H]2CC(C)(C)OC[C@H]2C[C@@H]1C. The molecule has 1 saturated heterocycles. The zero-order valence-electron chi connectivity index (χ0n) is 9.84. The Morgan fingerprint density at radius 1 is 1.43 bits per heavy atom. The van der Waals surface area contributed by atoms with E-state index < -0.39 is 0 Å². The topological polar surface area (TPSA) is 9.23 Å². The number of ether oxygens (including phenoxy) is 1. The van der Waals surface area contributed by atoms with Crippen molar-refractivity contribution in [2.24, 2.45) is 17.8 Å². The van der Waals surface area contributed by atoms with Crippen molar-refractivity contribution in [2.75, 3.05) is 6.61 Å². The number of allylic oxidation sites excluding steroid dienone is 2. The van der Waals surface area contributed by atoms with Gasteiger partial charge in [0.05, 0.1) is 12.2 Å². The van der Waals surface area contributed by atoms with Crippen LogP contribution in [-0.2, 0) is 4.74 Å². The van der Waals surface area contributed by atoms with Crippen molar-refractivity contribution in [3.05, 3.63) is 11.6 Å². The lowest BCUT2D eigenvalue weighted by Crippen LogP contribution is -2.41. The molecule has 0 unspecified atom stereocenters. The molecule has 0 aromatic heterocycles. The summed E-state index contributed by atoms with van der Waals surface area (Å²) in [4.78, 5) is 0. The highest BCUT2D eigenvalue weighted by Crippen LogP contribution is 2.41. The first-order valence-corrected chi connectivity index (χ1v) is 5.80. The van der Waals surface area contributed by atoms with Crippen molar-refractivity contribution in [2.45, 2.75) is 46.1 Å². The number of hydrogen-bond donors (Lipinski definition) is 0. The van der Waals surface area contributed by atoms with Gasteiger partial charge in [-0.3, -0.25) is 0 Å². The molecule has 0 bridgehead atoms. The fourth-order valence-electron chi connectivity index (χ4n) is 2.83. The minimum atomic E-state index is 0.0958. The first-order chi connectivity index (χ1) is 6.48. The first kappa shape index (κ1) is 10.2. The van der Waals surface area contributed by atoms with Crippen LogP contribution in [0.5, 0.6) is 0 Å². The minimum absolute atomic E-state index is 0.0958. The van der Waals surface area contributed by atoms with E-state index in [0.29, 0.717) is 0 Å². The van der Waals surface area contributed by atoms with Gasteiger partial charge in [0.2, 0.25) is 0 Å². The Kier molecular flexibility index (Phi) is 2.46. The van der Waals surface area contributed by atoms with E-state index in [0.717, 1.165) is 24.4 Å². The highest BCUT2D eigenvalue weighted by molar-refractivity contribution is 5.12. The Balaban J connectivity index is 2.14. The highest BCUT2D eigenvalue weighted by atomic mass is 16.5. The van der Waals surface area contributed by atoms with E-state index in [2.05, 4.69) is 33.8 Å². The fourth-order valence-corrected chi connectivity index (χ4v) is 2.83. The van der Waals surface area contributed by atoms with Crippen molar-refractivity contribution < 1.29 is 4.74 Å².